The van der Waals surface area contributed by atoms with Gasteiger partial charge < -0.3 is 14.2 Å². The second-order valence-corrected chi connectivity index (χ2v) is 9.62. The van der Waals surface area contributed by atoms with Crippen molar-refractivity contribution in [3.8, 4) is 17.2 Å². The number of carbonyl (C=O) groups is 2. The van der Waals surface area contributed by atoms with Gasteiger partial charge in [-0.15, -0.1) is 0 Å². The maximum Gasteiger partial charge on any atom is 0.343 e. The van der Waals surface area contributed by atoms with E-state index in [1.807, 2.05) is 49.4 Å². The van der Waals surface area contributed by atoms with Gasteiger partial charge >= 0.3 is 5.97 Å². The molecule has 5 aromatic rings. The highest BCUT2D eigenvalue weighted by Crippen LogP contribution is 2.28. The van der Waals surface area contributed by atoms with Crippen molar-refractivity contribution >= 4 is 40.5 Å². The van der Waals surface area contributed by atoms with Crippen molar-refractivity contribution in [2.45, 2.75) is 13.5 Å². The molecule has 0 aromatic heterocycles. The van der Waals surface area contributed by atoms with Gasteiger partial charge in [0, 0.05) is 16.1 Å². The van der Waals surface area contributed by atoms with Crippen molar-refractivity contribution in [3.05, 3.63) is 136 Å². The van der Waals surface area contributed by atoms with Crippen molar-refractivity contribution in [2.75, 3.05) is 6.61 Å². The molecule has 0 heterocycles. The van der Waals surface area contributed by atoms with Crippen molar-refractivity contribution in [1.82, 2.24) is 5.43 Å². The zero-order valence-corrected chi connectivity index (χ0v) is 23.5. The standard InChI is InChI=1S/C34H27ClN2O5/c1-2-40-28-18-11-26(12-19-28)34(39)42-32-20-13-24-5-3-4-6-30(24)31(32)21-36-37-33(38)25-9-16-29(17-10-25)41-22-23-7-14-27(35)15-8-23/h3-21H,2,22H2,1H3,(H,37,38). The first-order valence-electron chi connectivity index (χ1n) is 13.3. The first-order valence-corrected chi connectivity index (χ1v) is 13.7. The van der Waals surface area contributed by atoms with Crippen LogP contribution in [0.15, 0.2) is 114 Å². The van der Waals surface area contributed by atoms with Gasteiger partial charge in [-0.2, -0.15) is 5.10 Å². The highest BCUT2D eigenvalue weighted by molar-refractivity contribution is 6.30. The molecule has 0 radical (unpaired) electrons. The van der Waals surface area contributed by atoms with Crippen LogP contribution in [0.2, 0.25) is 5.02 Å². The van der Waals surface area contributed by atoms with Crippen LogP contribution in [-0.4, -0.2) is 24.7 Å². The molecule has 0 unspecified atom stereocenters. The first-order chi connectivity index (χ1) is 20.5. The maximum atomic E-state index is 12.9. The van der Waals surface area contributed by atoms with Gasteiger partial charge in [0.05, 0.1) is 18.4 Å². The van der Waals surface area contributed by atoms with Crippen LogP contribution in [0.25, 0.3) is 10.8 Å². The van der Waals surface area contributed by atoms with E-state index in [2.05, 4.69) is 10.5 Å². The lowest BCUT2D eigenvalue weighted by molar-refractivity contribution is 0.0734. The molecule has 1 N–H and O–H groups in total. The Morgan fingerprint density at radius 3 is 2.17 bits per heavy atom. The van der Waals surface area contributed by atoms with E-state index in [1.54, 1.807) is 66.7 Å². The van der Waals surface area contributed by atoms with Gasteiger partial charge in [0.25, 0.3) is 5.91 Å². The fraction of sp³-hybridized carbons (Fsp3) is 0.0882. The number of amides is 1. The number of esters is 1. The molecule has 5 rings (SSSR count). The van der Waals surface area contributed by atoms with Crippen LogP contribution in [0.3, 0.4) is 0 Å². The minimum Gasteiger partial charge on any atom is -0.494 e. The van der Waals surface area contributed by atoms with Crippen molar-refractivity contribution in [3.63, 3.8) is 0 Å². The number of hydrogen-bond donors (Lipinski definition) is 1. The Morgan fingerprint density at radius 1 is 0.786 bits per heavy atom. The summed E-state index contributed by atoms with van der Waals surface area (Å²) in [6.45, 7) is 2.80. The number of hydrazone groups is 1. The average molecular weight is 579 g/mol. The van der Waals surface area contributed by atoms with Crippen LogP contribution in [-0.2, 0) is 6.61 Å². The topological polar surface area (TPSA) is 86.2 Å². The molecule has 0 saturated carbocycles. The molecule has 210 valence electrons. The molecule has 0 spiro atoms. The fourth-order valence-electron chi connectivity index (χ4n) is 4.18. The van der Waals surface area contributed by atoms with Crippen molar-refractivity contribution in [2.24, 2.45) is 5.10 Å². The number of benzene rings is 5. The monoisotopic (exact) mass is 578 g/mol. The highest BCUT2D eigenvalue weighted by atomic mass is 35.5. The van der Waals surface area contributed by atoms with E-state index in [9.17, 15) is 9.59 Å². The normalized spacial score (nSPS) is 10.9. The number of hydrogen-bond acceptors (Lipinski definition) is 6. The predicted molar refractivity (Wildman–Crippen MR) is 164 cm³/mol. The van der Waals surface area contributed by atoms with Crippen molar-refractivity contribution < 1.29 is 23.8 Å². The summed E-state index contributed by atoms with van der Waals surface area (Å²) in [5.41, 5.74) is 4.87. The number of fused-ring (bicyclic) bond motifs is 1. The molecule has 5 aromatic carbocycles. The number of nitrogens with zero attached hydrogens (tertiary/aromatic N) is 1. The molecule has 8 heteroatoms. The summed E-state index contributed by atoms with van der Waals surface area (Å²) >= 11 is 5.92. The molecule has 0 fully saturated rings. The Labute approximate surface area is 248 Å². The second-order valence-electron chi connectivity index (χ2n) is 9.18. The van der Waals surface area contributed by atoms with E-state index in [1.165, 1.54) is 6.21 Å². The van der Waals surface area contributed by atoms with Crippen LogP contribution in [0.4, 0.5) is 0 Å². The van der Waals surface area contributed by atoms with E-state index < -0.39 is 11.9 Å². The lowest BCUT2D eigenvalue weighted by Gasteiger charge is -2.11. The van der Waals surface area contributed by atoms with Gasteiger partial charge in [-0.1, -0.05) is 54.1 Å². The van der Waals surface area contributed by atoms with E-state index in [0.717, 1.165) is 16.3 Å². The third-order valence-corrected chi connectivity index (χ3v) is 6.58. The minimum atomic E-state index is -0.523. The summed E-state index contributed by atoms with van der Waals surface area (Å²) in [4.78, 5) is 25.7. The molecule has 42 heavy (non-hydrogen) atoms. The van der Waals surface area contributed by atoms with Gasteiger partial charge in [0.1, 0.15) is 23.9 Å². The fourth-order valence-corrected chi connectivity index (χ4v) is 4.31. The molecule has 0 bridgehead atoms. The van der Waals surface area contributed by atoms with E-state index >= 15 is 0 Å². The smallest absolute Gasteiger partial charge is 0.343 e. The number of halogens is 1. The molecule has 7 nitrogen and oxygen atoms in total. The number of carbonyl (C=O) groups excluding carboxylic acids is 2. The third-order valence-electron chi connectivity index (χ3n) is 6.33. The molecule has 0 saturated heterocycles. The molecule has 0 aliphatic heterocycles. The Morgan fingerprint density at radius 2 is 1.45 bits per heavy atom. The van der Waals surface area contributed by atoms with Crippen LogP contribution >= 0.6 is 11.6 Å². The predicted octanol–water partition coefficient (Wildman–Crippen LogP) is 7.45. The molecular weight excluding hydrogens is 552 g/mol. The van der Waals surface area contributed by atoms with Gasteiger partial charge in [-0.25, -0.2) is 10.2 Å². The summed E-state index contributed by atoms with van der Waals surface area (Å²) in [6.07, 6.45) is 1.48. The minimum absolute atomic E-state index is 0.313. The first kappa shape index (κ1) is 28.4. The molecule has 0 aliphatic carbocycles. The quantitative estimate of drug-likeness (QED) is 0.0804. The van der Waals surface area contributed by atoms with Crippen molar-refractivity contribution in [1.29, 1.82) is 0 Å². The Balaban J connectivity index is 1.27. The van der Waals surface area contributed by atoms with E-state index in [0.29, 0.717) is 52.2 Å². The second kappa shape index (κ2) is 13.5. The molecular formula is C34H27ClN2O5. The van der Waals surface area contributed by atoms with Crippen LogP contribution in [0.1, 0.15) is 38.8 Å². The number of nitrogens with one attached hydrogen (secondary N) is 1. The molecule has 1 amide bonds. The SMILES string of the molecule is CCOc1ccc(C(=O)Oc2ccc3ccccc3c2C=NNC(=O)c2ccc(OCc3ccc(Cl)cc3)cc2)cc1. The Hall–Kier alpha value is -5.14. The third kappa shape index (κ3) is 7.13. The average Bonchev–Trinajstić information content (AvgIpc) is 3.02. The van der Waals surface area contributed by atoms with E-state index in [4.69, 9.17) is 25.8 Å². The summed E-state index contributed by atoms with van der Waals surface area (Å²) in [5, 5.41) is 6.58. The van der Waals surface area contributed by atoms with Crippen LogP contribution < -0.4 is 19.6 Å². The highest BCUT2D eigenvalue weighted by Gasteiger charge is 2.14. The summed E-state index contributed by atoms with van der Waals surface area (Å²) in [5.74, 6) is 0.685. The summed E-state index contributed by atoms with van der Waals surface area (Å²) in [7, 11) is 0. The van der Waals surface area contributed by atoms with Crippen LogP contribution in [0.5, 0.6) is 17.2 Å². The van der Waals surface area contributed by atoms with Gasteiger partial charge in [-0.05, 0) is 90.0 Å². The lowest BCUT2D eigenvalue weighted by Crippen LogP contribution is -2.17. The zero-order chi connectivity index (χ0) is 29.3. The summed E-state index contributed by atoms with van der Waals surface area (Å²) < 4.78 is 17.0. The van der Waals surface area contributed by atoms with Gasteiger partial charge in [0.2, 0.25) is 0 Å². The Kier molecular flexibility index (Phi) is 9.11. The zero-order valence-electron chi connectivity index (χ0n) is 22.8. The molecule has 0 aliphatic rings. The largest absolute Gasteiger partial charge is 0.494 e. The van der Waals surface area contributed by atoms with E-state index in [-0.39, 0.29) is 0 Å². The van der Waals surface area contributed by atoms with Gasteiger partial charge in [0.15, 0.2) is 0 Å². The molecule has 0 atom stereocenters. The summed E-state index contributed by atoms with van der Waals surface area (Å²) in [6, 6.07) is 32.1. The Bertz CT molecular complexity index is 1720. The number of rotatable bonds is 10. The maximum absolute atomic E-state index is 12.9. The van der Waals surface area contributed by atoms with Crippen LogP contribution in [0, 0.1) is 0 Å². The van der Waals surface area contributed by atoms with Gasteiger partial charge in [-0.3, -0.25) is 4.79 Å². The number of ether oxygens (including phenoxy) is 3. The lowest BCUT2D eigenvalue weighted by atomic mass is 10.0.